The van der Waals surface area contributed by atoms with E-state index in [0.717, 1.165) is 5.56 Å². The molecule has 34 heavy (non-hydrogen) atoms. The minimum Gasteiger partial charge on any atom is -0.405 e. The van der Waals surface area contributed by atoms with Crippen LogP contribution in [0.4, 0.5) is 23.4 Å². The van der Waals surface area contributed by atoms with Gasteiger partial charge in [0.05, 0.1) is 5.69 Å². The number of nitrogens with one attached hydrogen (secondary N) is 1. The van der Waals surface area contributed by atoms with Crippen molar-refractivity contribution in [1.82, 2.24) is 15.5 Å². The Labute approximate surface area is 193 Å². The molecular formula is C24H22F4N4O2. The maximum Gasteiger partial charge on any atom is 0.573 e. The van der Waals surface area contributed by atoms with Crippen molar-refractivity contribution >= 4 is 11.7 Å². The molecule has 1 saturated heterocycles. The average Bonchev–Trinajstić information content (AvgIpc) is 2.83. The Bertz CT molecular complexity index is 1110. The van der Waals surface area contributed by atoms with Gasteiger partial charge in [-0.25, -0.2) is 4.39 Å². The number of piperidine rings is 1. The summed E-state index contributed by atoms with van der Waals surface area (Å²) < 4.78 is 54.8. The molecule has 0 unspecified atom stereocenters. The van der Waals surface area contributed by atoms with Gasteiger partial charge in [0.2, 0.25) is 5.91 Å². The lowest BCUT2D eigenvalue weighted by atomic mass is 9.95. The van der Waals surface area contributed by atoms with Crippen molar-refractivity contribution in [2.45, 2.75) is 25.7 Å². The number of alkyl halides is 3. The molecule has 0 radical (unpaired) electrons. The van der Waals surface area contributed by atoms with E-state index in [2.05, 4.69) is 20.3 Å². The summed E-state index contributed by atoms with van der Waals surface area (Å²) in [4.78, 5) is 14.6. The Balaban J connectivity index is 1.29. The second-order valence-electron chi connectivity index (χ2n) is 7.92. The number of halogens is 4. The van der Waals surface area contributed by atoms with Gasteiger partial charge in [-0.05, 0) is 55.3 Å². The summed E-state index contributed by atoms with van der Waals surface area (Å²) >= 11 is 0. The van der Waals surface area contributed by atoms with Crippen LogP contribution in [0.5, 0.6) is 5.75 Å². The predicted octanol–water partition coefficient (Wildman–Crippen LogP) is 4.71. The Kier molecular flexibility index (Phi) is 6.95. The number of para-hydroxylation sites is 1. The summed E-state index contributed by atoms with van der Waals surface area (Å²) in [5.41, 5.74) is 1.65. The van der Waals surface area contributed by atoms with Gasteiger partial charge < -0.3 is 15.0 Å². The van der Waals surface area contributed by atoms with Crippen molar-refractivity contribution in [3.8, 4) is 17.0 Å². The monoisotopic (exact) mass is 474 g/mol. The first kappa shape index (κ1) is 23.5. The Morgan fingerprint density at radius 2 is 1.71 bits per heavy atom. The number of ether oxygens (including phenoxy) is 1. The van der Waals surface area contributed by atoms with E-state index in [1.807, 2.05) is 17.0 Å². The number of amides is 1. The number of aromatic nitrogens is 2. The fourth-order valence-corrected chi connectivity index (χ4v) is 3.84. The van der Waals surface area contributed by atoms with E-state index in [4.69, 9.17) is 0 Å². The quantitative estimate of drug-likeness (QED) is 0.524. The molecule has 2 heterocycles. The molecule has 2 aromatic carbocycles. The number of hydrogen-bond donors (Lipinski definition) is 1. The smallest absolute Gasteiger partial charge is 0.405 e. The van der Waals surface area contributed by atoms with E-state index in [0.29, 0.717) is 37.4 Å². The standard InChI is InChI=1S/C24H22F4N4O2/c25-19-7-5-16(6-8-19)20-9-10-22(31-30-20)32-13-11-17(12-14-32)23(33)29-15-18-3-1-2-4-21(18)34-24(26,27)28/h1-10,17H,11-15H2,(H,29,33). The van der Waals surface area contributed by atoms with Gasteiger partial charge in [-0.2, -0.15) is 0 Å². The first-order valence-corrected chi connectivity index (χ1v) is 10.7. The van der Waals surface area contributed by atoms with Gasteiger partial charge in [0, 0.05) is 36.7 Å². The summed E-state index contributed by atoms with van der Waals surface area (Å²) in [6.07, 6.45) is -3.64. The van der Waals surface area contributed by atoms with Crippen molar-refractivity contribution < 1.29 is 27.1 Å². The molecule has 0 saturated carbocycles. The molecule has 1 N–H and O–H groups in total. The van der Waals surface area contributed by atoms with Gasteiger partial charge in [0.25, 0.3) is 0 Å². The van der Waals surface area contributed by atoms with Crippen molar-refractivity contribution in [3.05, 3.63) is 72.0 Å². The maximum atomic E-state index is 13.1. The van der Waals surface area contributed by atoms with Crippen LogP contribution >= 0.6 is 0 Å². The number of anilines is 1. The first-order chi connectivity index (χ1) is 16.3. The van der Waals surface area contributed by atoms with Gasteiger partial charge in [-0.15, -0.1) is 23.4 Å². The molecule has 0 spiro atoms. The maximum absolute atomic E-state index is 13.1. The molecule has 0 atom stereocenters. The van der Waals surface area contributed by atoms with Crippen LogP contribution < -0.4 is 15.0 Å². The van der Waals surface area contributed by atoms with Crippen molar-refractivity contribution in [3.63, 3.8) is 0 Å². The molecule has 3 aromatic rings. The molecular weight excluding hydrogens is 452 g/mol. The van der Waals surface area contributed by atoms with Crippen molar-refractivity contribution in [1.29, 1.82) is 0 Å². The molecule has 10 heteroatoms. The van der Waals surface area contributed by atoms with Crippen LogP contribution in [0.1, 0.15) is 18.4 Å². The fourth-order valence-electron chi connectivity index (χ4n) is 3.84. The second-order valence-corrected chi connectivity index (χ2v) is 7.92. The van der Waals surface area contributed by atoms with Gasteiger partial charge in [-0.3, -0.25) is 4.79 Å². The Morgan fingerprint density at radius 3 is 2.35 bits per heavy atom. The fraction of sp³-hybridized carbons (Fsp3) is 0.292. The molecule has 1 aromatic heterocycles. The number of hydrogen-bond acceptors (Lipinski definition) is 5. The summed E-state index contributed by atoms with van der Waals surface area (Å²) in [6.45, 7) is 1.13. The zero-order valence-electron chi connectivity index (χ0n) is 18.1. The van der Waals surface area contributed by atoms with E-state index in [1.54, 1.807) is 18.2 Å². The first-order valence-electron chi connectivity index (χ1n) is 10.7. The van der Waals surface area contributed by atoms with Gasteiger partial charge in [0.15, 0.2) is 5.82 Å². The minimum absolute atomic E-state index is 0.0539. The van der Waals surface area contributed by atoms with Crippen molar-refractivity contribution in [2.24, 2.45) is 5.92 Å². The Morgan fingerprint density at radius 1 is 1.00 bits per heavy atom. The van der Waals surface area contributed by atoms with Crippen LogP contribution in [0.15, 0.2) is 60.7 Å². The van der Waals surface area contributed by atoms with Crippen LogP contribution in [-0.4, -0.2) is 35.6 Å². The zero-order chi connectivity index (χ0) is 24.1. The molecule has 178 valence electrons. The van der Waals surface area contributed by atoms with E-state index >= 15 is 0 Å². The lowest BCUT2D eigenvalue weighted by molar-refractivity contribution is -0.274. The highest BCUT2D eigenvalue weighted by molar-refractivity contribution is 5.79. The van der Waals surface area contributed by atoms with E-state index in [-0.39, 0.29) is 35.5 Å². The lowest BCUT2D eigenvalue weighted by Crippen LogP contribution is -2.40. The second kappa shape index (κ2) is 10.1. The zero-order valence-corrected chi connectivity index (χ0v) is 18.1. The molecule has 1 amide bonds. The van der Waals surface area contributed by atoms with Crippen LogP contribution in [0.25, 0.3) is 11.3 Å². The number of benzene rings is 2. The van der Waals surface area contributed by atoms with E-state index in [1.165, 1.54) is 30.3 Å². The van der Waals surface area contributed by atoms with E-state index < -0.39 is 6.36 Å². The average molecular weight is 474 g/mol. The summed E-state index contributed by atoms with van der Waals surface area (Å²) in [5.74, 6) is -0.424. The lowest BCUT2D eigenvalue weighted by Gasteiger charge is -2.31. The minimum atomic E-state index is -4.80. The highest BCUT2D eigenvalue weighted by Crippen LogP contribution is 2.27. The van der Waals surface area contributed by atoms with Gasteiger partial charge in [-0.1, -0.05) is 18.2 Å². The largest absolute Gasteiger partial charge is 0.573 e. The van der Waals surface area contributed by atoms with E-state index in [9.17, 15) is 22.4 Å². The summed E-state index contributed by atoms with van der Waals surface area (Å²) in [7, 11) is 0. The highest BCUT2D eigenvalue weighted by Gasteiger charge is 2.32. The van der Waals surface area contributed by atoms with Gasteiger partial charge >= 0.3 is 6.36 Å². The molecule has 1 aliphatic rings. The molecule has 0 bridgehead atoms. The number of rotatable bonds is 6. The van der Waals surface area contributed by atoms with Gasteiger partial charge in [0.1, 0.15) is 11.6 Å². The van der Waals surface area contributed by atoms with Crippen molar-refractivity contribution in [2.75, 3.05) is 18.0 Å². The van der Waals surface area contributed by atoms with Crippen LogP contribution in [0.3, 0.4) is 0 Å². The molecule has 4 rings (SSSR count). The molecule has 0 aliphatic carbocycles. The van der Waals surface area contributed by atoms with Crippen LogP contribution in [0.2, 0.25) is 0 Å². The molecule has 1 aliphatic heterocycles. The molecule has 1 fully saturated rings. The summed E-state index contributed by atoms with van der Waals surface area (Å²) in [5, 5.41) is 11.2. The third kappa shape index (κ3) is 6.00. The predicted molar refractivity (Wildman–Crippen MR) is 117 cm³/mol. The highest BCUT2D eigenvalue weighted by atomic mass is 19.4. The third-order valence-electron chi connectivity index (χ3n) is 5.63. The normalized spacial score (nSPS) is 14.6. The molecule has 6 nitrogen and oxygen atoms in total. The summed E-state index contributed by atoms with van der Waals surface area (Å²) in [6, 6.07) is 15.4. The third-order valence-corrected chi connectivity index (χ3v) is 5.63. The van der Waals surface area contributed by atoms with Crippen LogP contribution in [-0.2, 0) is 11.3 Å². The SMILES string of the molecule is O=C(NCc1ccccc1OC(F)(F)F)C1CCN(c2ccc(-c3ccc(F)cc3)nn2)CC1. The number of carbonyl (C=O) groups is 1. The van der Waals surface area contributed by atoms with Crippen LogP contribution in [0, 0.1) is 11.7 Å². The number of carbonyl (C=O) groups excluding carboxylic acids is 1. The number of nitrogens with zero attached hydrogens (tertiary/aromatic N) is 3. The Hall–Kier alpha value is -3.69. The topological polar surface area (TPSA) is 67.3 Å².